The maximum absolute atomic E-state index is 12.8. The zero-order valence-corrected chi connectivity index (χ0v) is 41.5. The molecule has 0 radical (unpaired) electrons. The van der Waals surface area contributed by atoms with Crippen molar-refractivity contribution in [1.29, 1.82) is 0 Å². The van der Waals surface area contributed by atoms with Gasteiger partial charge in [0.15, 0.2) is 0 Å². The number of allylic oxidation sites excluding steroid dienone is 7. The van der Waals surface area contributed by atoms with Crippen molar-refractivity contribution in [2.24, 2.45) is 0 Å². The molecule has 61 heavy (non-hydrogen) atoms. The molecule has 3 unspecified atom stereocenters. The zero-order valence-electron chi connectivity index (χ0n) is 40.7. The van der Waals surface area contributed by atoms with Crippen molar-refractivity contribution in [3.8, 4) is 0 Å². The van der Waals surface area contributed by atoms with Crippen molar-refractivity contribution in [2.75, 3.05) is 40.9 Å². The molecule has 0 aromatic heterocycles. The van der Waals surface area contributed by atoms with Crippen LogP contribution in [0.25, 0.3) is 0 Å². The van der Waals surface area contributed by atoms with Gasteiger partial charge in [0.05, 0.1) is 39.9 Å². The predicted molar refractivity (Wildman–Crippen MR) is 263 cm³/mol. The number of quaternary nitrogens is 1. The van der Waals surface area contributed by atoms with Crippen LogP contribution in [0.5, 0.6) is 0 Å². The highest BCUT2D eigenvalue weighted by atomic mass is 31.2. The second kappa shape index (κ2) is 43.7. The molecule has 0 saturated heterocycles. The fourth-order valence-corrected chi connectivity index (χ4v) is 7.91. The molecule has 0 bridgehead atoms. The Labute approximate surface area is 378 Å². The largest absolute Gasteiger partial charge is 0.472 e. The van der Waals surface area contributed by atoms with Crippen molar-refractivity contribution >= 4 is 13.7 Å². The summed E-state index contributed by atoms with van der Waals surface area (Å²) in [6.45, 7) is 4.74. The van der Waals surface area contributed by atoms with E-state index in [4.69, 9.17) is 9.05 Å². The molecule has 3 N–H and O–H groups in total. The van der Waals surface area contributed by atoms with Crippen LogP contribution in [0.1, 0.15) is 226 Å². The predicted octanol–water partition coefficient (Wildman–Crippen LogP) is 14.8. The summed E-state index contributed by atoms with van der Waals surface area (Å²) in [5.74, 6) is -0.203. The average molecular weight is 880 g/mol. The van der Waals surface area contributed by atoms with Gasteiger partial charge in [0, 0.05) is 6.42 Å². The number of carbonyl (C=O) groups excluding carboxylic acids is 1. The van der Waals surface area contributed by atoms with Gasteiger partial charge in [-0.2, -0.15) is 0 Å². The Kier molecular flexibility index (Phi) is 42.6. The molecule has 0 aromatic carbocycles. The van der Waals surface area contributed by atoms with E-state index in [-0.39, 0.29) is 19.1 Å². The molecule has 0 rings (SSSR count). The molecule has 0 aliphatic heterocycles. The molecule has 0 spiro atoms. The first-order valence-electron chi connectivity index (χ1n) is 25.5. The molecule has 1 amide bonds. The Hall–Kier alpha value is -1.54. The minimum Gasteiger partial charge on any atom is -0.387 e. The van der Waals surface area contributed by atoms with E-state index in [0.717, 1.165) is 70.6 Å². The van der Waals surface area contributed by atoms with Gasteiger partial charge in [0.25, 0.3) is 0 Å². The van der Waals surface area contributed by atoms with E-state index in [1.807, 2.05) is 27.2 Å². The Balaban J connectivity index is 4.25. The van der Waals surface area contributed by atoms with E-state index in [1.165, 1.54) is 135 Å². The Morgan fingerprint density at radius 2 is 0.918 bits per heavy atom. The molecule has 0 saturated carbocycles. The van der Waals surface area contributed by atoms with E-state index >= 15 is 0 Å². The van der Waals surface area contributed by atoms with Crippen LogP contribution in [-0.4, -0.2) is 73.4 Å². The van der Waals surface area contributed by atoms with Crippen LogP contribution in [-0.2, 0) is 18.4 Å². The highest BCUT2D eigenvalue weighted by Gasteiger charge is 2.27. The van der Waals surface area contributed by atoms with Crippen LogP contribution in [0.3, 0.4) is 0 Å². The van der Waals surface area contributed by atoms with Crippen LogP contribution < -0.4 is 5.32 Å². The van der Waals surface area contributed by atoms with Crippen molar-refractivity contribution in [3.63, 3.8) is 0 Å². The summed E-state index contributed by atoms with van der Waals surface area (Å²) in [6, 6.07) is -0.873. The second-order valence-corrected chi connectivity index (χ2v) is 20.0. The third kappa shape index (κ3) is 46.3. The highest BCUT2D eigenvalue weighted by molar-refractivity contribution is 7.47. The molecule has 0 aliphatic rings. The number of phosphoric acid groups is 1. The fourth-order valence-electron chi connectivity index (χ4n) is 7.17. The van der Waals surface area contributed by atoms with Gasteiger partial charge in [-0.25, -0.2) is 4.57 Å². The van der Waals surface area contributed by atoms with Gasteiger partial charge in [-0.3, -0.25) is 13.8 Å². The fraction of sp³-hybridized carbons (Fsp3) is 0.827. The molecular formula is C52H100N2O6P+. The number of likely N-dealkylation sites (N-methyl/N-ethyl adjacent to an activating group) is 1. The van der Waals surface area contributed by atoms with Crippen LogP contribution in [0.15, 0.2) is 48.6 Å². The molecular weight excluding hydrogens is 780 g/mol. The molecule has 3 atom stereocenters. The number of aliphatic hydroxyl groups is 1. The van der Waals surface area contributed by atoms with Crippen LogP contribution in [0, 0.1) is 0 Å². The smallest absolute Gasteiger partial charge is 0.387 e. The first-order chi connectivity index (χ1) is 29.5. The first kappa shape index (κ1) is 59.5. The van der Waals surface area contributed by atoms with E-state index in [1.54, 1.807) is 6.08 Å². The van der Waals surface area contributed by atoms with E-state index < -0.39 is 20.0 Å². The molecule has 9 heteroatoms. The summed E-state index contributed by atoms with van der Waals surface area (Å²) in [6.07, 6.45) is 56.5. The number of phosphoric ester groups is 1. The number of amides is 1. The maximum atomic E-state index is 12.8. The lowest BCUT2D eigenvalue weighted by molar-refractivity contribution is -0.870. The van der Waals surface area contributed by atoms with Gasteiger partial charge in [-0.1, -0.05) is 204 Å². The normalized spacial score (nSPS) is 14.5. The molecule has 0 aliphatic carbocycles. The van der Waals surface area contributed by atoms with Crippen LogP contribution >= 0.6 is 7.82 Å². The average Bonchev–Trinajstić information content (AvgIpc) is 3.21. The van der Waals surface area contributed by atoms with Crippen molar-refractivity contribution in [2.45, 2.75) is 238 Å². The maximum Gasteiger partial charge on any atom is 0.472 e. The van der Waals surface area contributed by atoms with E-state index in [0.29, 0.717) is 17.4 Å². The minimum atomic E-state index is -4.35. The number of hydrogen-bond donors (Lipinski definition) is 3. The Bertz CT molecular complexity index is 1130. The topological polar surface area (TPSA) is 105 Å². The molecule has 0 heterocycles. The Morgan fingerprint density at radius 3 is 1.36 bits per heavy atom. The quantitative estimate of drug-likeness (QED) is 0.0243. The number of nitrogens with one attached hydrogen (secondary N) is 1. The number of carbonyl (C=O) groups is 1. The zero-order chi connectivity index (χ0) is 45.0. The molecule has 0 fully saturated rings. The SMILES string of the molecule is CCCC/C=C\CCCCCCCC(=O)NC(COP(=O)(O)OCC[N+](C)(C)C)C(O)/C=C/CC/C=C/CC/C=C/CCCCCCCCCCCCCCCCCCCC. The lowest BCUT2D eigenvalue weighted by Crippen LogP contribution is -2.45. The third-order valence-corrected chi connectivity index (χ3v) is 12.2. The van der Waals surface area contributed by atoms with Crippen LogP contribution in [0.4, 0.5) is 0 Å². The van der Waals surface area contributed by atoms with E-state index in [2.05, 4.69) is 55.6 Å². The van der Waals surface area contributed by atoms with E-state index in [9.17, 15) is 19.4 Å². The first-order valence-corrected chi connectivity index (χ1v) is 27.0. The van der Waals surface area contributed by atoms with Gasteiger partial charge >= 0.3 is 7.82 Å². The van der Waals surface area contributed by atoms with Gasteiger partial charge in [0.1, 0.15) is 13.2 Å². The standard InChI is InChI=1S/C52H99N2O6P/c1-6-8-10-12-14-16-18-19-20-21-22-23-24-25-26-27-28-29-30-31-32-33-34-36-37-39-41-43-45-51(55)50(49-60-61(57,58)59-48-47-54(3,4)5)53-52(56)46-44-42-40-38-35-17-15-13-11-9-7-2/h13,15,31-32,36-37,43,45,50-51,55H,6-12,14,16-30,33-35,38-42,44,46-49H2,1-5H3,(H-,53,56,57,58)/p+1/b15-13-,32-31+,37-36+,45-43+. The molecule has 0 aromatic rings. The minimum absolute atomic E-state index is 0.0509. The monoisotopic (exact) mass is 880 g/mol. The van der Waals surface area contributed by atoms with Crippen molar-refractivity contribution in [3.05, 3.63) is 48.6 Å². The number of rotatable bonds is 46. The van der Waals surface area contributed by atoms with Gasteiger partial charge in [0.2, 0.25) is 5.91 Å². The third-order valence-electron chi connectivity index (χ3n) is 11.2. The number of nitrogens with zero attached hydrogens (tertiary/aromatic N) is 1. The Morgan fingerprint density at radius 1 is 0.541 bits per heavy atom. The lowest BCUT2D eigenvalue weighted by Gasteiger charge is -2.25. The van der Waals surface area contributed by atoms with Gasteiger partial charge < -0.3 is 19.8 Å². The lowest BCUT2D eigenvalue weighted by atomic mass is 10.0. The summed E-state index contributed by atoms with van der Waals surface area (Å²) >= 11 is 0. The summed E-state index contributed by atoms with van der Waals surface area (Å²) < 4.78 is 23.5. The summed E-state index contributed by atoms with van der Waals surface area (Å²) in [4.78, 5) is 23.1. The van der Waals surface area contributed by atoms with Gasteiger partial charge in [-0.15, -0.1) is 0 Å². The van der Waals surface area contributed by atoms with Crippen LogP contribution in [0.2, 0.25) is 0 Å². The van der Waals surface area contributed by atoms with Crippen molar-refractivity contribution < 1.29 is 32.9 Å². The number of aliphatic hydroxyl groups excluding tert-OH is 1. The highest BCUT2D eigenvalue weighted by Crippen LogP contribution is 2.43. The van der Waals surface area contributed by atoms with Gasteiger partial charge in [-0.05, 0) is 64.2 Å². The second-order valence-electron chi connectivity index (χ2n) is 18.5. The van der Waals surface area contributed by atoms with Crippen molar-refractivity contribution in [1.82, 2.24) is 5.32 Å². The summed E-state index contributed by atoms with van der Waals surface area (Å²) in [7, 11) is 1.54. The number of hydrogen-bond acceptors (Lipinski definition) is 5. The molecule has 8 nitrogen and oxygen atoms in total. The molecule has 358 valence electrons. The number of unbranched alkanes of at least 4 members (excludes halogenated alkanes) is 27. The summed E-state index contributed by atoms with van der Waals surface area (Å²) in [5, 5.41) is 13.8. The summed E-state index contributed by atoms with van der Waals surface area (Å²) in [5.41, 5.74) is 0.